The van der Waals surface area contributed by atoms with Crippen molar-refractivity contribution in [1.29, 1.82) is 0 Å². The number of halogens is 2. The van der Waals surface area contributed by atoms with Gasteiger partial charge in [-0.15, -0.1) is 0 Å². The third-order valence-corrected chi connectivity index (χ3v) is 7.26. The zero-order valence-electron chi connectivity index (χ0n) is 23.3. The van der Waals surface area contributed by atoms with Crippen molar-refractivity contribution < 1.29 is 32.6 Å². The lowest BCUT2D eigenvalue weighted by Crippen LogP contribution is -2.33. The zero-order chi connectivity index (χ0) is 29.4. The summed E-state index contributed by atoms with van der Waals surface area (Å²) in [5, 5.41) is 0.102. The quantitative estimate of drug-likeness (QED) is 0.143. The third kappa shape index (κ3) is 8.58. The van der Waals surface area contributed by atoms with Crippen molar-refractivity contribution in [2.45, 2.75) is 66.2 Å². The second-order valence-corrected chi connectivity index (χ2v) is 11.1. The van der Waals surface area contributed by atoms with Crippen molar-refractivity contribution in [2.75, 3.05) is 24.5 Å². The van der Waals surface area contributed by atoms with Gasteiger partial charge in [0.2, 0.25) is 0 Å². The minimum atomic E-state index is -2.41. The van der Waals surface area contributed by atoms with E-state index in [4.69, 9.17) is 37.4 Å². The van der Waals surface area contributed by atoms with Crippen LogP contribution in [0, 0.1) is 5.92 Å². The maximum Gasteiger partial charge on any atom is 0.323 e. The first-order chi connectivity index (χ1) is 18.3. The highest BCUT2D eigenvalue weighted by molar-refractivity contribution is 7.80. The molecule has 0 heterocycles. The highest BCUT2D eigenvalue weighted by atomic mass is 35.5. The number of nitrogens with one attached hydrogen (secondary N) is 1. The van der Waals surface area contributed by atoms with Crippen LogP contribution < -0.4 is 9.46 Å². The van der Waals surface area contributed by atoms with E-state index in [1.165, 1.54) is 6.07 Å². The minimum Gasteiger partial charge on any atom is -0.489 e. The van der Waals surface area contributed by atoms with E-state index in [-0.39, 0.29) is 52.4 Å². The van der Waals surface area contributed by atoms with Crippen molar-refractivity contribution in [2.24, 2.45) is 5.92 Å². The lowest BCUT2D eigenvalue weighted by molar-refractivity contribution is -0.163. The standard InChI is InChI=1S/C28H37Cl2NO7S/c1-8-36-27(32)21(28(33)37-9-2)14-38-26-22(29)13-23(31-39(34)35)24(25(26)30)17(7)20-11-18(15(3)4)10-19(12-20)16(5)6/h10-13,15-17,21,31H,8-9,14H2,1-7H3,(H,34,35). The number of anilines is 1. The lowest BCUT2D eigenvalue weighted by Gasteiger charge is -2.24. The Kier molecular flexibility index (Phi) is 12.5. The molecule has 2 aromatic carbocycles. The molecule has 2 aromatic rings. The van der Waals surface area contributed by atoms with Gasteiger partial charge in [0.25, 0.3) is 11.3 Å². The van der Waals surface area contributed by atoms with Gasteiger partial charge in [0, 0.05) is 11.5 Å². The molecular weight excluding hydrogens is 565 g/mol. The molecule has 11 heteroatoms. The normalized spacial score (nSPS) is 12.9. The largest absolute Gasteiger partial charge is 0.489 e. The van der Waals surface area contributed by atoms with Crippen LogP contribution in [0.1, 0.15) is 88.5 Å². The van der Waals surface area contributed by atoms with Crippen LogP contribution in [-0.2, 0) is 30.3 Å². The van der Waals surface area contributed by atoms with E-state index in [0.717, 1.165) is 16.7 Å². The van der Waals surface area contributed by atoms with E-state index in [2.05, 4.69) is 50.6 Å². The van der Waals surface area contributed by atoms with Crippen molar-refractivity contribution in [3.63, 3.8) is 0 Å². The second-order valence-electron chi connectivity index (χ2n) is 9.65. The van der Waals surface area contributed by atoms with Gasteiger partial charge in [-0.3, -0.25) is 18.9 Å². The molecule has 0 aromatic heterocycles. The second kappa shape index (κ2) is 14.9. The Morgan fingerprint density at radius 2 is 1.38 bits per heavy atom. The molecule has 0 amide bonds. The van der Waals surface area contributed by atoms with Crippen LogP contribution in [0.25, 0.3) is 0 Å². The van der Waals surface area contributed by atoms with Gasteiger partial charge < -0.3 is 14.2 Å². The van der Waals surface area contributed by atoms with Crippen LogP contribution >= 0.6 is 23.2 Å². The Morgan fingerprint density at radius 3 is 1.82 bits per heavy atom. The predicted molar refractivity (Wildman–Crippen MR) is 155 cm³/mol. The van der Waals surface area contributed by atoms with E-state index >= 15 is 0 Å². The summed E-state index contributed by atoms with van der Waals surface area (Å²) in [7, 11) is 0. The van der Waals surface area contributed by atoms with Crippen LogP contribution in [0.3, 0.4) is 0 Å². The van der Waals surface area contributed by atoms with Gasteiger partial charge in [-0.2, -0.15) is 0 Å². The van der Waals surface area contributed by atoms with Crippen LogP contribution in [0.2, 0.25) is 10.0 Å². The van der Waals surface area contributed by atoms with Crippen molar-refractivity contribution >= 4 is 52.1 Å². The van der Waals surface area contributed by atoms with E-state index in [1.807, 2.05) is 6.92 Å². The van der Waals surface area contributed by atoms with Crippen LogP contribution in [-0.4, -0.2) is 40.5 Å². The molecule has 2 atom stereocenters. The number of rotatable bonds is 13. The first-order valence-corrected chi connectivity index (χ1v) is 14.7. The molecule has 0 radical (unpaired) electrons. The number of ether oxygens (including phenoxy) is 3. The molecule has 0 bridgehead atoms. The molecule has 0 aliphatic carbocycles. The number of carbonyl (C=O) groups is 2. The van der Waals surface area contributed by atoms with Gasteiger partial charge in [0.05, 0.1) is 28.9 Å². The molecule has 2 rings (SSSR count). The van der Waals surface area contributed by atoms with Gasteiger partial charge in [0.1, 0.15) is 6.61 Å². The van der Waals surface area contributed by atoms with Crippen LogP contribution in [0.4, 0.5) is 5.69 Å². The average Bonchev–Trinajstić information content (AvgIpc) is 2.85. The lowest BCUT2D eigenvalue weighted by atomic mass is 9.85. The molecule has 39 heavy (non-hydrogen) atoms. The summed E-state index contributed by atoms with van der Waals surface area (Å²) in [6.45, 7) is 13.3. The van der Waals surface area contributed by atoms with Crippen molar-refractivity contribution in [3.05, 3.63) is 56.6 Å². The highest BCUT2D eigenvalue weighted by Crippen LogP contribution is 2.46. The summed E-state index contributed by atoms with van der Waals surface area (Å²) < 4.78 is 39.7. The van der Waals surface area contributed by atoms with Gasteiger partial charge in [-0.1, -0.05) is 76.0 Å². The number of carbonyl (C=O) groups excluding carboxylic acids is 2. The SMILES string of the molecule is CCOC(=O)C(COc1c(Cl)cc(NS(=O)O)c(C(C)c2cc(C(C)C)cc(C(C)C)c2)c1Cl)C(=O)OCC. The number of benzene rings is 2. The van der Waals surface area contributed by atoms with Crippen LogP contribution in [0.15, 0.2) is 24.3 Å². The first kappa shape index (κ1) is 32.9. The number of hydrogen-bond acceptors (Lipinski definition) is 6. The van der Waals surface area contributed by atoms with Crippen molar-refractivity contribution in [3.8, 4) is 5.75 Å². The highest BCUT2D eigenvalue weighted by Gasteiger charge is 2.32. The third-order valence-electron chi connectivity index (χ3n) is 6.21. The molecule has 0 aliphatic heterocycles. The van der Waals surface area contributed by atoms with Crippen molar-refractivity contribution in [1.82, 2.24) is 0 Å². The Morgan fingerprint density at radius 1 is 0.897 bits per heavy atom. The predicted octanol–water partition coefficient (Wildman–Crippen LogP) is 7.06. The molecule has 2 unspecified atom stereocenters. The topological polar surface area (TPSA) is 111 Å². The van der Waals surface area contributed by atoms with E-state index in [1.54, 1.807) is 13.8 Å². The van der Waals surface area contributed by atoms with Gasteiger partial charge >= 0.3 is 11.9 Å². The number of hydrogen-bond donors (Lipinski definition) is 2. The minimum absolute atomic E-state index is 0.0224. The van der Waals surface area contributed by atoms with E-state index < -0.39 is 35.7 Å². The first-order valence-electron chi connectivity index (χ1n) is 12.8. The van der Waals surface area contributed by atoms with Gasteiger partial charge in [-0.05, 0) is 48.4 Å². The van der Waals surface area contributed by atoms with Crippen LogP contribution in [0.5, 0.6) is 5.75 Å². The maximum absolute atomic E-state index is 12.4. The molecule has 0 spiro atoms. The molecule has 2 N–H and O–H groups in total. The number of esters is 2. The fourth-order valence-electron chi connectivity index (χ4n) is 4.02. The fourth-order valence-corrected chi connectivity index (χ4v) is 5.11. The Hall–Kier alpha value is -2.33. The monoisotopic (exact) mass is 601 g/mol. The summed E-state index contributed by atoms with van der Waals surface area (Å²) in [6, 6.07) is 7.78. The summed E-state index contributed by atoms with van der Waals surface area (Å²) in [4.78, 5) is 24.8. The van der Waals surface area contributed by atoms with Gasteiger partial charge in [-0.25, -0.2) is 4.21 Å². The molecule has 0 saturated heterocycles. The van der Waals surface area contributed by atoms with Gasteiger partial charge in [0.15, 0.2) is 11.7 Å². The molecular formula is C28H37Cl2NO7S. The average molecular weight is 603 g/mol. The molecule has 0 fully saturated rings. The fraction of sp³-hybridized carbons (Fsp3) is 0.500. The summed E-state index contributed by atoms with van der Waals surface area (Å²) >= 11 is 10.9. The summed E-state index contributed by atoms with van der Waals surface area (Å²) in [6.07, 6.45) is 0. The molecule has 216 valence electrons. The van der Waals surface area contributed by atoms with E-state index in [9.17, 15) is 18.4 Å². The smallest absolute Gasteiger partial charge is 0.323 e. The Balaban J connectivity index is 2.63. The maximum atomic E-state index is 12.4. The zero-order valence-corrected chi connectivity index (χ0v) is 25.6. The summed E-state index contributed by atoms with van der Waals surface area (Å²) in [5.41, 5.74) is 3.97. The Labute approximate surface area is 243 Å². The molecule has 0 aliphatic rings. The Bertz CT molecular complexity index is 1160. The molecule has 8 nitrogen and oxygen atoms in total. The summed E-state index contributed by atoms with van der Waals surface area (Å²) in [5.74, 6) is -2.71. The van der Waals surface area contributed by atoms with E-state index in [0.29, 0.717) is 5.56 Å². The molecule has 0 saturated carbocycles.